The fraction of sp³-hybridized carbons (Fsp3) is 0.667. The van der Waals surface area contributed by atoms with Crippen LogP contribution in [0.15, 0.2) is 29.2 Å². The lowest BCUT2D eigenvalue weighted by molar-refractivity contribution is 0.306. The van der Waals surface area contributed by atoms with Gasteiger partial charge < -0.3 is 10.8 Å². The molecule has 0 atom stereocenters. The number of hydrogen-bond donors (Lipinski definition) is 3. The van der Waals surface area contributed by atoms with E-state index in [2.05, 4.69) is 6.92 Å². The summed E-state index contributed by atoms with van der Waals surface area (Å²) in [6.45, 7) is 2.69. The summed E-state index contributed by atoms with van der Waals surface area (Å²) in [6, 6.07) is 6.70. The zero-order valence-electron chi connectivity index (χ0n) is 14.8. The van der Waals surface area contributed by atoms with Crippen molar-refractivity contribution in [3.8, 4) is 0 Å². The Morgan fingerprint density at radius 1 is 0.958 bits per heavy atom. The third-order valence-corrected chi connectivity index (χ3v) is 4.63. The van der Waals surface area contributed by atoms with E-state index in [9.17, 15) is 8.42 Å². The largest absolute Gasteiger partial charge is 0.395 e. The summed E-state index contributed by atoms with van der Waals surface area (Å²) >= 11 is 0. The monoisotopic (exact) mass is 359 g/mol. The van der Waals surface area contributed by atoms with Crippen LogP contribution in [0.1, 0.15) is 63.9 Å². The number of aliphatic hydroxyl groups excluding tert-OH is 1. The third kappa shape index (κ3) is 11.6. The van der Waals surface area contributed by atoms with E-state index in [1.807, 2.05) is 6.07 Å². The van der Waals surface area contributed by atoms with Crippen LogP contribution in [0.4, 0.5) is 0 Å². The molecule has 0 fully saturated rings. The summed E-state index contributed by atoms with van der Waals surface area (Å²) in [5.41, 5.74) is 5.50. The first kappa shape index (κ1) is 23.1. The molecule has 0 aliphatic rings. The molecule has 140 valence electrons. The zero-order chi connectivity index (χ0) is 18.3. The molecule has 4 N–H and O–H groups in total. The van der Waals surface area contributed by atoms with Gasteiger partial charge in [-0.2, -0.15) is 8.42 Å². The topological polar surface area (TPSA) is 101 Å². The van der Waals surface area contributed by atoms with E-state index in [0.29, 0.717) is 13.0 Å². The predicted octanol–water partition coefficient (Wildman–Crippen LogP) is 3.55. The van der Waals surface area contributed by atoms with Gasteiger partial charge in [-0.3, -0.25) is 4.55 Å². The van der Waals surface area contributed by atoms with Crippen LogP contribution in [-0.4, -0.2) is 31.2 Å². The first-order valence-corrected chi connectivity index (χ1v) is 10.3. The fourth-order valence-corrected chi connectivity index (χ4v) is 3.16. The lowest BCUT2D eigenvalue weighted by atomic mass is 10.0. The highest BCUT2D eigenvalue weighted by molar-refractivity contribution is 7.85. The Kier molecular flexibility index (Phi) is 13.8. The number of nitrogens with two attached hydrogens (primary N) is 1. The van der Waals surface area contributed by atoms with Gasteiger partial charge in [-0.1, -0.05) is 70.1 Å². The van der Waals surface area contributed by atoms with Gasteiger partial charge in [-0.15, -0.1) is 0 Å². The number of aliphatic hydroxyl groups is 1. The molecule has 6 heteroatoms. The number of benzene rings is 1. The molecule has 0 unspecified atom stereocenters. The highest BCUT2D eigenvalue weighted by Gasteiger charge is 2.13. The molecule has 0 aromatic heterocycles. The highest BCUT2D eigenvalue weighted by Crippen LogP contribution is 2.18. The molecule has 5 nitrogen and oxygen atoms in total. The Balaban J connectivity index is 0.00000118. The van der Waals surface area contributed by atoms with E-state index in [-0.39, 0.29) is 11.5 Å². The summed E-state index contributed by atoms with van der Waals surface area (Å²) in [7, 11) is -4.09. The number of aryl methyl sites for hydroxylation is 1. The maximum atomic E-state index is 11.2. The summed E-state index contributed by atoms with van der Waals surface area (Å²) < 4.78 is 31.7. The Labute approximate surface area is 147 Å². The molecular weight excluding hydrogens is 326 g/mol. The maximum absolute atomic E-state index is 11.2. The minimum Gasteiger partial charge on any atom is -0.395 e. The van der Waals surface area contributed by atoms with Gasteiger partial charge in [0, 0.05) is 6.54 Å². The van der Waals surface area contributed by atoms with Gasteiger partial charge in [-0.25, -0.2) is 0 Å². The second-order valence-electron chi connectivity index (χ2n) is 5.82. The average molecular weight is 360 g/mol. The van der Waals surface area contributed by atoms with Gasteiger partial charge in [-0.05, 0) is 24.5 Å². The van der Waals surface area contributed by atoms with E-state index in [4.69, 9.17) is 15.4 Å². The Morgan fingerprint density at radius 2 is 1.46 bits per heavy atom. The van der Waals surface area contributed by atoms with Crippen molar-refractivity contribution in [3.63, 3.8) is 0 Å². The predicted molar refractivity (Wildman–Crippen MR) is 98.7 cm³/mol. The highest BCUT2D eigenvalue weighted by atomic mass is 32.2. The van der Waals surface area contributed by atoms with Crippen molar-refractivity contribution in [3.05, 3.63) is 29.8 Å². The van der Waals surface area contributed by atoms with Crippen LogP contribution >= 0.6 is 0 Å². The van der Waals surface area contributed by atoms with E-state index < -0.39 is 10.1 Å². The van der Waals surface area contributed by atoms with Gasteiger partial charge in [0.1, 0.15) is 0 Å². The Morgan fingerprint density at radius 3 is 1.96 bits per heavy atom. The van der Waals surface area contributed by atoms with E-state index in [1.54, 1.807) is 12.1 Å². The van der Waals surface area contributed by atoms with Crippen LogP contribution in [0.5, 0.6) is 0 Å². The van der Waals surface area contributed by atoms with Gasteiger partial charge in [0.2, 0.25) is 0 Å². The van der Waals surface area contributed by atoms with Gasteiger partial charge in [0.25, 0.3) is 10.1 Å². The third-order valence-electron chi connectivity index (χ3n) is 3.68. The van der Waals surface area contributed by atoms with Crippen molar-refractivity contribution in [2.45, 2.75) is 69.6 Å². The van der Waals surface area contributed by atoms with Crippen molar-refractivity contribution < 1.29 is 18.1 Å². The first-order chi connectivity index (χ1) is 11.5. The number of hydrogen-bond acceptors (Lipinski definition) is 4. The van der Waals surface area contributed by atoms with Crippen molar-refractivity contribution in [2.75, 3.05) is 13.2 Å². The second-order valence-corrected chi connectivity index (χ2v) is 7.21. The van der Waals surface area contributed by atoms with Crippen LogP contribution in [0.2, 0.25) is 0 Å². The van der Waals surface area contributed by atoms with Crippen LogP contribution in [-0.2, 0) is 16.5 Å². The molecule has 0 saturated carbocycles. The Bertz CT molecular complexity index is 516. The molecule has 0 heterocycles. The SMILES string of the molecule is CCCCCCCCCCc1ccccc1S(=O)(=O)O.NCCO. The molecule has 1 rings (SSSR count). The quantitative estimate of drug-likeness (QED) is 0.414. The zero-order valence-corrected chi connectivity index (χ0v) is 15.6. The van der Waals surface area contributed by atoms with E-state index in [0.717, 1.165) is 18.4 Å². The average Bonchev–Trinajstić information content (AvgIpc) is 2.57. The summed E-state index contributed by atoms with van der Waals surface area (Å²) in [5.74, 6) is 0. The Hall–Kier alpha value is -0.950. The number of rotatable bonds is 11. The summed E-state index contributed by atoms with van der Waals surface area (Å²) in [4.78, 5) is 0.0583. The molecule has 1 aromatic carbocycles. The smallest absolute Gasteiger partial charge is 0.294 e. The van der Waals surface area contributed by atoms with Crippen molar-refractivity contribution in [2.24, 2.45) is 5.73 Å². The molecule has 24 heavy (non-hydrogen) atoms. The van der Waals surface area contributed by atoms with E-state index in [1.165, 1.54) is 44.6 Å². The number of unbranched alkanes of at least 4 members (excludes halogenated alkanes) is 7. The van der Waals surface area contributed by atoms with E-state index >= 15 is 0 Å². The molecule has 0 aliphatic carbocycles. The van der Waals surface area contributed by atoms with Crippen molar-refractivity contribution in [1.29, 1.82) is 0 Å². The lowest BCUT2D eigenvalue weighted by Gasteiger charge is -2.06. The molecular formula is C18H33NO4S. The lowest BCUT2D eigenvalue weighted by Crippen LogP contribution is -2.03. The van der Waals surface area contributed by atoms with Crippen LogP contribution in [0.3, 0.4) is 0 Å². The molecule has 0 radical (unpaired) electrons. The minimum absolute atomic E-state index is 0.0583. The molecule has 0 bridgehead atoms. The fourth-order valence-electron chi connectivity index (χ4n) is 2.41. The van der Waals surface area contributed by atoms with Gasteiger partial charge in [0.15, 0.2) is 0 Å². The maximum Gasteiger partial charge on any atom is 0.294 e. The van der Waals surface area contributed by atoms with Crippen LogP contribution in [0.25, 0.3) is 0 Å². The first-order valence-electron chi connectivity index (χ1n) is 8.83. The van der Waals surface area contributed by atoms with Gasteiger partial charge >= 0.3 is 0 Å². The normalized spacial score (nSPS) is 11.0. The molecule has 0 saturated heterocycles. The van der Waals surface area contributed by atoms with Crippen molar-refractivity contribution >= 4 is 10.1 Å². The van der Waals surface area contributed by atoms with Crippen LogP contribution < -0.4 is 5.73 Å². The summed E-state index contributed by atoms with van der Waals surface area (Å²) in [5, 5.41) is 7.75. The molecule has 1 aromatic rings. The minimum atomic E-state index is -4.09. The van der Waals surface area contributed by atoms with Gasteiger partial charge in [0.05, 0.1) is 11.5 Å². The standard InChI is InChI=1S/C16H26O3S.C2H7NO/c1-2-3-4-5-6-7-8-9-12-15-13-10-11-14-16(15)20(17,18)19;3-1-2-4/h10-11,13-14H,2-9,12H2,1H3,(H,17,18,19);4H,1-3H2. The van der Waals surface area contributed by atoms with Crippen LogP contribution in [0, 0.1) is 0 Å². The van der Waals surface area contributed by atoms with Crippen molar-refractivity contribution in [1.82, 2.24) is 0 Å². The molecule has 0 spiro atoms. The summed E-state index contributed by atoms with van der Waals surface area (Å²) in [6.07, 6.45) is 10.5. The molecule has 0 amide bonds. The second kappa shape index (κ2) is 14.4. The molecule has 0 aliphatic heterocycles.